The quantitative estimate of drug-likeness (QED) is 0.113. The molecule has 0 bridgehead atoms. The number of carbonyl (C=O) groups is 1. The number of fused-ring (bicyclic) bond motifs is 1. The van der Waals surface area contributed by atoms with Crippen molar-refractivity contribution < 1.29 is 19.2 Å². The molecule has 1 atom stereocenters. The summed E-state index contributed by atoms with van der Waals surface area (Å²) in [5.74, 6) is 0.110. The molecule has 0 unspecified atom stereocenters. The van der Waals surface area contributed by atoms with Crippen molar-refractivity contribution in [1.82, 2.24) is 4.57 Å². The summed E-state index contributed by atoms with van der Waals surface area (Å²) >= 11 is 3.43. The van der Waals surface area contributed by atoms with Gasteiger partial charge in [-0.1, -0.05) is 66.8 Å². The summed E-state index contributed by atoms with van der Waals surface area (Å²) in [6.07, 6.45) is 2.31. The van der Waals surface area contributed by atoms with Gasteiger partial charge in [0.25, 0.3) is 11.2 Å². The molecule has 0 amide bonds. The third-order valence-electron chi connectivity index (χ3n) is 6.53. The second kappa shape index (κ2) is 12.2. The lowest BCUT2D eigenvalue weighted by Crippen LogP contribution is -2.40. The zero-order valence-electron chi connectivity index (χ0n) is 22.1. The molecule has 41 heavy (non-hydrogen) atoms. The van der Waals surface area contributed by atoms with Gasteiger partial charge in [0.2, 0.25) is 0 Å². The van der Waals surface area contributed by atoms with E-state index >= 15 is 0 Å². The topological polar surface area (TPSA) is 113 Å². The van der Waals surface area contributed by atoms with Crippen molar-refractivity contribution >= 4 is 51.7 Å². The predicted octanol–water partition coefficient (Wildman–Crippen LogP) is 4.89. The molecule has 0 saturated carbocycles. The maximum atomic E-state index is 13.8. The monoisotopic (exact) mass is 681 g/mol. The van der Waals surface area contributed by atoms with Gasteiger partial charge in [0.15, 0.2) is 4.80 Å². The van der Waals surface area contributed by atoms with Crippen molar-refractivity contribution in [2.24, 2.45) is 4.99 Å². The lowest BCUT2D eigenvalue weighted by Gasteiger charge is -2.25. The molecule has 11 heteroatoms. The van der Waals surface area contributed by atoms with E-state index in [0.29, 0.717) is 38.3 Å². The molecule has 2 heterocycles. The Hall–Kier alpha value is -4.10. The summed E-state index contributed by atoms with van der Waals surface area (Å²) in [5.41, 5.74) is 2.99. The van der Waals surface area contributed by atoms with Gasteiger partial charge in [0, 0.05) is 12.1 Å². The van der Waals surface area contributed by atoms with Gasteiger partial charge in [-0.2, -0.15) is 0 Å². The number of aromatic nitrogens is 1. The van der Waals surface area contributed by atoms with E-state index in [9.17, 15) is 19.7 Å². The lowest BCUT2D eigenvalue weighted by atomic mass is 9.95. The van der Waals surface area contributed by atoms with E-state index in [4.69, 9.17) is 14.5 Å². The number of nitro benzene ring substituents is 1. The molecule has 0 fully saturated rings. The molecule has 1 aliphatic heterocycles. The first-order valence-electron chi connectivity index (χ1n) is 12.6. The average molecular weight is 682 g/mol. The SMILES string of the molecule is CCC1=C(C(=O)OC)[C@@H](c2ccccc2)n2c(s/c(=C\c3ccc(OCc4cccc([N+](=O)[O-])c4)c(I)c3)c2=O)=N1. The van der Waals surface area contributed by atoms with Crippen molar-refractivity contribution in [3.05, 3.63) is 134 Å². The smallest absolute Gasteiger partial charge is 0.338 e. The number of methoxy groups -OCH3 is 1. The number of non-ortho nitro benzene ring substituents is 1. The molecule has 1 aliphatic rings. The largest absolute Gasteiger partial charge is 0.488 e. The first-order chi connectivity index (χ1) is 19.8. The molecule has 0 radical (unpaired) electrons. The van der Waals surface area contributed by atoms with E-state index in [1.54, 1.807) is 28.8 Å². The van der Waals surface area contributed by atoms with Crippen LogP contribution >= 0.6 is 33.9 Å². The fourth-order valence-electron chi connectivity index (χ4n) is 4.61. The highest BCUT2D eigenvalue weighted by molar-refractivity contribution is 14.1. The third-order valence-corrected chi connectivity index (χ3v) is 8.36. The maximum absolute atomic E-state index is 13.8. The van der Waals surface area contributed by atoms with E-state index in [1.165, 1.54) is 30.6 Å². The lowest BCUT2D eigenvalue weighted by molar-refractivity contribution is -0.384. The Morgan fingerprint density at radius 1 is 1.15 bits per heavy atom. The van der Waals surface area contributed by atoms with Gasteiger partial charge in [-0.3, -0.25) is 19.5 Å². The van der Waals surface area contributed by atoms with Crippen LogP contribution in [0.15, 0.2) is 93.9 Å². The van der Waals surface area contributed by atoms with Gasteiger partial charge >= 0.3 is 5.97 Å². The minimum Gasteiger partial charge on any atom is -0.488 e. The highest BCUT2D eigenvalue weighted by Gasteiger charge is 2.33. The molecule has 0 N–H and O–H groups in total. The number of hydrogen-bond donors (Lipinski definition) is 0. The summed E-state index contributed by atoms with van der Waals surface area (Å²) < 4.78 is 13.9. The molecule has 208 valence electrons. The van der Waals surface area contributed by atoms with Crippen LogP contribution in [0.2, 0.25) is 0 Å². The Bertz CT molecular complexity index is 1860. The molecule has 0 aliphatic carbocycles. The van der Waals surface area contributed by atoms with Crippen LogP contribution in [0.1, 0.15) is 36.1 Å². The second-order valence-electron chi connectivity index (χ2n) is 9.10. The van der Waals surface area contributed by atoms with Gasteiger partial charge in [0.1, 0.15) is 12.4 Å². The average Bonchev–Trinajstić information content (AvgIpc) is 3.29. The Balaban J connectivity index is 1.50. The van der Waals surface area contributed by atoms with Gasteiger partial charge in [-0.05, 0) is 63.9 Å². The van der Waals surface area contributed by atoms with Crippen LogP contribution in [0.25, 0.3) is 6.08 Å². The molecule has 3 aromatic carbocycles. The number of halogens is 1. The minimum atomic E-state index is -0.651. The maximum Gasteiger partial charge on any atom is 0.338 e. The summed E-state index contributed by atoms with van der Waals surface area (Å²) in [7, 11) is 1.33. The standard InChI is InChI=1S/C30H24IN3O6S/c1-3-23-26(29(36)39-2)27(20-9-5-4-6-10-20)33-28(35)25(41-30(33)32-23)16-18-12-13-24(22(31)15-18)40-17-19-8-7-11-21(14-19)34(37)38/h4-16,27H,3,17H2,1-2H3/b25-16-/t27-/m1/s1. The number of thiazole rings is 1. The zero-order chi connectivity index (χ0) is 29.1. The number of nitrogens with zero attached hydrogens (tertiary/aromatic N) is 3. The van der Waals surface area contributed by atoms with Gasteiger partial charge in [-0.25, -0.2) is 9.79 Å². The molecule has 0 saturated heterocycles. The number of rotatable bonds is 8. The molecule has 1 aromatic heterocycles. The summed E-state index contributed by atoms with van der Waals surface area (Å²) in [4.78, 5) is 42.5. The molecule has 4 aromatic rings. The molecule has 5 rings (SSSR count). The van der Waals surface area contributed by atoms with Crippen LogP contribution in [0.5, 0.6) is 5.75 Å². The highest BCUT2D eigenvalue weighted by atomic mass is 127. The fraction of sp³-hybridized carbons (Fsp3) is 0.167. The third kappa shape index (κ3) is 5.86. The highest BCUT2D eigenvalue weighted by Crippen LogP contribution is 2.31. The van der Waals surface area contributed by atoms with Crippen molar-refractivity contribution in [2.45, 2.75) is 26.0 Å². The normalized spacial score (nSPS) is 14.8. The van der Waals surface area contributed by atoms with Crippen molar-refractivity contribution in [3.63, 3.8) is 0 Å². The van der Waals surface area contributed by atoms with Gasteiger partial charge in [-0.15, -0.1) is 0 Å². The van der Waals surface area contributed by atoms with E-state index in [1.807, 2.05) is 49.4 Å². The van der Waals surface area contributed by atoms with Crippen molar-refractivity contribution in [1.29, 1.82) is 0 Å². The summed E-state index contributed by atoms with van der Waals surface area (Å²) in [5, 5.41) is 11.0. The molecule has 0 spiro atoms. The minimum absolute atomic E-state index is 0.0110. The van der Waals surface area contributed by atoms with Gasteiger partial charge < -0.3 is 9.47 Å². The van der Waals surface area contributed by atoms with E-state index in [-0.39, 0.29) is 17.9 Å². The zero-order valence-corrected chi connectivity index (χ0v) is 25.0. The Morgan fingerprint density at radius 3 is 2.61 bits per heavy atom. The summed E-state index contributed by atoms with van der Waals surface area (Å²) in [6, 6.07) is 20.6. The fourth-order valence-corrected chi connectivity index (χ4v) is 6.33. The number of allylic oxidation sites excluding steroid dienone is 1. The Kier molecular flexibility index (Phi) is 8.45. The van der Waals surface area contributed by atoms with E-state index in [0.717, 1.165) is 14.7 Å². The predicted molar refractivity (Wildman–Crippen MR) is 163 cm³/mol. The van der Waals surface area contributed by atoms with Crippen LogP contribution in [-0.4, -0.2) is 22.6 Å². The number of hydrogen-bond acceptors (Lipinski definition) is 8. The number of benzene rings is 3. The van der Waals surface area contributed by atoms with Gasteiger partial charge in [0.05, 0.1) is 37.4 Å². The number of nitro groups is 1. The van der Waals surface area contributed by atoms with Crippen molar-refractivity contribution in [2.75, 3.05) is 7.11 Å². The Labute approximate surface area is 252 Å². The van der Waals surface area contributed by atoms with Crippen LogP contribution in [-0.2, 0) is 16.1 Å². The van der Waals surface area contributed by atoms with Crippen molar-refractivity contribution in [3.8, 4) is 5.75 Å². The van der Waals surface area contributed by atoms with E-state index < -0.39 is 16.9 Å². The molecular formula is C30H24IN3O6S. The van der Waals surface area contributed by atoms with E-state index in [2.05, 4.69) is 22.6 Å². The number of carbonyl (C=O) groups excluding carboxylic acids is 1. The first-order valence-corrected chi connectivity index (χ1v) is 14.5. The van der Waals surface area contributed by atoms with Crippen LogP contribution < -0.4 is 19.6 Å². The molecule has 9 nitrogen and oxygen atoms in total. The molecular weight excluding hydrogens is 657 g/mol. The number of esters is 1. The second-order valence-corrected chi connectivity index (χ2v) is 11.3. The Morgan fingerprint density at radius 2 is 1.93 bits per heavy atom. The van der Waals surface area contributed by atoms with Crippen LogP contribution in [0.3, 0.4) is 0 Å². The van der Waals surface area contributed by atoms with Crippen LogP contribution in [0, 0.1) is 13.7 Å². The first kappa shape index (κ1) is 28.4. The summed E-state index contributed by atoms with van der Waals surface area (Å²) in [6.45, 7) is 2.10. The number of ether oxygens (including phenoxy) is 2. The van der Waals surface area contributed by atoms with Crippen LogP contribution in [0.4, 0.5) is 5.69 Å².